The Morgan fingerprint density at radius 2 is 1.90 bits per heavy atom. The van der Waals surface area contributed by atoms with E-state index in [9.17, 15) is 13.2 Å². The van der Waals surface area contributed by atoms with E-state index in [0.717, 1.165) is 5.56 Å². The van der Waals surface area contributed by atoms with Gasteiger partial charge >= 0.3 is 0 Å². The number of benzene rings is 1. The number of amides is 1. The fraction of sp³-hybridized carbons (Fsp3) is 0.0769. The largest absolute Gasteiger partial charge is 0.348 e. The molecule has 5 nitrogen and oxygen atoms in total. The molecular formula is C13H10BrClN2O3S. The van der Waals surface area contributed by atoms with Crippen LogP contribution in [0.15, 0.2) is 52.1 Å². The highest BCUT2D eigenvalue weighted by molar-refractivity contribution is 9.10. The molecule has 0 aliphatic carbocycles. The Balaban J connectivity index is 2.02. The zero-order valence-electron chi connectivity index (χ0n) is 10.6. The smallest absolute Gasteiger partial charge is 0.261 e. The first-order valence-corrected chi connectivity index (χ1v) is 8.89. The molecule has 21 heavy (non-hydrogen) atoms. The molecule has 0 bridgehead atoms. The second-order valence-electron chi connectivity index (χ2n) is 4.16. The maximum atomic E-state index is 11.9. The number of carbonyl (C=O) groups excluding carboxylic acids is 1. The summed E-state index contributed by atoms with van der Waals surface area (Å²) in [5.41, 5.74) is 1.19. The molecule has 1 heterocycles. The Morgan fingerprint density at radius 1 is 1.24 bits per heavy atom. The van der Waals surface area contributed by atoms with E-state index in [2.05, 4.69) is 26.2 Å². The minimum atomic E-state index is -3.73. The molecule has 1 N–H and O–H groups in total. The minimum absolute atomic E-state index is 0.0235. The van der Waals surface area contributed by atoms with Gasteiger partial charge in [-0.15, -0.1) is 0 Å². The minimum Gasteiger partial charge on any atom is -0.348 e. The topological polar surface area (TPSA) is 76.1 Å². The second kappa shape index (κ2) is 6.55. The summed E-state index contributed by atoms with van der Waals surface area (Å²) in [4.78, 5) is 15.8. The Labute approximate surface area is 134 Å². The summed E-state index contributed by atoms with van der Waals surface area (Å²) in [5, 5.41) is 2.72. The highest BCUT2D eigenvalue weighted by Crippen LogP contribution is 2.15. The summed E-state index contributed by atoms with van der Waals surface area (Å²) in [7, 11) is 1.50. The molecule has 0 saturated carbocycles. The Hall–Kier alpha value is -1.44. The van der Waals surface area contributed by atoms with Gasteiger partial charge < -0.3 is 5.32 Å². The van der Waals surface area contributed by atoms with Gasteiger partial charge in [0.05, 0.1) is 10.5 Å². The molecule has 0 aliphatic rings. The maximum absolute atomic E-state index is 11.9. The number of nitrogens with zero attached hydrogens (tertiary/aromatic N) is 1. The summed E-state index contributed by atoms with van der Waals surface area (Å²) < 4.78 is 22.9. The van der Waals surface area contributed by atoms with Gasteiger partial charge in [0, 0.05) is 34.1 Å². The fourth-order valence-electron chi connectivity index (χ4n) is 1.59. The lowest BCUT2D eigenvalue weighted by atomic mass is 10.2. The van der Waals surface area contributed by atoms with E-state index in [0.29, 0.717) is 10.0 Å². The van der Waals surface area contributed by atoms with E-state index >= 15 is 0 Å². The lowest BCUT2D eigenvalue weighted by molar-refractivity contribution is 0.0950. The predicted octanol–water partition coefficient (Wildman–Crippen LogP) is 2.70. The SMILES string of the molecule is O=C(NCc1ccc(S(=O)(=O)Cl)cc1)c1cncc(Br)c1. The van der Waals surface area contributed by atoms with Gasteiger partial charge in [-0.1, -0.05) is 12.1 Å². The molecule has 110 valence electrons. The fourth-order valence-corrected chi connectivity index (χ4v) is 2.72. The molecule has 2 rings (SSSR count). The van der Waals surface area contributed by atoms with Crippen LogP contribution in [0.4, 0.5) is 0 Å². The maximum Gasteiger partial charge on any atom is 0.261 e. The van der Waals surface area contributed by atoms with Crippen molar-refractivity contribution in [2.45, 2.75) is 11.4 Å². The van der Waals surface area contributed by atoms with Gasteiger partial charge in [0.2, 0.25) is 0 Å². The average Bonchev–Trinajstić information content (AvgIpc) is 2.44. The van der Waals surface area contributed by atoms with Crippen LogP contribution in [0.1, 0.15) is 15.9 Å². The number of hydrogen-bond acceptors (Lipinski definition) is 4. The molecule has 8 heteroatoms. The monoisotopic (exact) mass is 388 g/mol. The van der Waals surface area contributed by atoms with Crippen molar-refractivity contribution in [3.63, 3.8) is 0 Å². The van der Waals surface area contributed by atoms with Crippen molar-refractivity contribution in [2.75, 3.05) is 0 Å². The quantitative estimate of drug-likeness (QED) is 0.816. The molecule has 0 atom stereocenters. The third-order valence-corrected chi connectivity index (χ3v) is 4.43. The van der Waals surface area contributed by atoms with Crippen molar-refractivity contribution < 1.29 is 13.2 Å². The third kappa shape index (κ3) is 4.52. The zero-order valence-corrected chi connectivity index (χ0v) is 13.7. The van der Waals surface area contributed by atoms with E-state index < -0.39 is 9.05 Å². The van der Waals surface area contributed by atoms with E-state index in [4.69, 9.17) is 10.7 Å². The lowest BCUT2D eigenvalue weighted by Gasteiger charge is -2.06. The van der Waals surface area contributed by atoms with Crippen molar-refractivity contribution in [2.24, 2.45) is 0 Å². The van der Waals surface area contributed by atoms with Gasteiger partial charge in [-0.05, 0) is 39.7 Å². The van der Waals surface area contributed by atoms with Gasteiger partial charge in [0.1, 0.15) is 0 Å². The predicted molar refractivity (Wildman–Crippen MR) is 82.6 cm³/mol. The van der Waals surface area contributed by atoms with Gasteiger partial charge in [-0.25, -0.2) is 8.42 Å². The Kier molecular flexibility index (Phi) is 4.97. The lowest BCUT2D eigenvalue weighted by Crippen LogP contribution is -2.22. The summed E-state index contributed by atoms with van der Waals surface area (Å²) in [6.45, 7) is 0.272. The molecule has 2 aromatic rings. The number of pyridine rings is 1. The zero-order chi connectivity index (χ0) is 15.5. The molecule has 1 aromatic heterocycles. The van der Waals surface area contributed by atoms with Crippen LogP contribution < -0.4 is 5.32 Å². The average molecular weight is 390 g/mol. The van der Waals surface area contributed by atoms with E-state index in [1.807, 2.05) is 0 Å². The van der Waals surface area contributed by atoms with Gasteiger partial charge in [-0.3, -0.25) is 9.78 Å². The van der Waals surface area contributed by atoms with Crippen molar-refractivity contribution >= 4 is 41.6 Å². The first kappa shape index (κ1) is 15.9. The molecule has 0 saturated heterocycles. The number of carbonyl (C=O) groups is 1. The van der Waals surface area contributed by atoms with Crippen molar-refractivity contribution in [1.29, 1.82) is 0 Å². The Bertz CT molecular complexity index is 763. The van der Waals surface area contributed by atoms with Crippen LogP contribution in [0.5, 0.6) is 0 Å². The number of rotatable bonds is 4. The van der Waals surface area contributed by atoms with Gasteiger partial charge in [0.25, 0.3) is 15.0 Å². The number of aromatic nitrogens is 1. The van der Waals surface area contributed by atoms with Crippen molar-refractivity contribution in [3.8, 4) is 0 Å². The summed E-state index contributed by atoms with van der Waals surface area (Å²) in [6, 6.07) is 7.63. The van der Waals surface area contributed by atoms with Crippen LogP contribution in [-0.2, 0) is 15.6 Å². The molecular weight excluding hydrogens is 380 g/mol. The number of hydrogen-bond donors (Lipinski definition) is 1. The highest BCUT2D eigenvalue weighted by Gasteiger charge is 2.10. The van der Waals surface area contributed by atoms with E-state index in [1.54, 1.807) is 24.4 Å². The van der Waals surface area contributed by atoms with Crippen molar-refractivity contribution in [1.82, 2.24) is 10.3 Å². The highest BCUT2D eigenvalue weighted by atomic mass is 79.9. The third-order valence-electron chi connectivity index (χ3n) is 2.63. The van der Waals surface area contributed by atoms with Crippen LogP contribution in [0.3, 0.4) is 0 Å². The second-order valence-corrected chi connectivity index (χ2v) is 7.64. The summed E-state index contributed by atoms with van der Waals surface area (Å²) in [6.07, 6.45) is 3.05. The molecule has 0 fully saturated rings. The first-order valence-electron chi connectivity index (χ1n) is 5.78. The standard InChI is InChI=1S/C13H10BrClN2O3S/c14-11-5-10(7-16-8-11)13(18)17-6-9-1-3-12(4-2-9)21(15,19)20/h1-5,7-8H,6H2,(H,17,18). The normalized spacial score (nSPS) is 11.1. The molecule has 0 radical (unpaired) electrons. The van der Waals surface area contributed by atoms with E-state index in [-0.39, 0.29) is 17.3 Å². The van der Waals surface area contributed by atoms with Crippen LogP contribution in [0.25, 0.3) is 0 Å². The van der Waals surface area contributed by atoms with E-state index in [1.165, 1.54) is 18.3 Å². The van der Waals surface area contributed by atoms with Crippen LogP contribution in [-0.4, -0.2) is 19.3 Å². The van der Waals surface area contributed by atoms with Crippen LogP contribution in [0.2, 0.25) is 0 Å². The number of halogens is 2. The summed E-state index contributed by atoms with van der Waals surface area (Å²) in [5.74, 6) is -0.266. The van der Waals surface area contributed by atoms with Crippen LogP contribution in [0, 0.1) is 0 Å². The van der Waals surface area contributed by atoms with Gasteiger partial charge in [0.15, 0.2) is 0 Å². The first-order chi connectivity index (χ1) is 9.86. The van der Waals surface area contributed by atoms with Gasteiger partial charge in [-0.2, -0.15) is 0 Å². The molecule has 0 spiro atoms. The molecule has 0 aliphatic heterocycles. The summed E-state index contributed by atoms with van der Waals surface area (Å²) >= 11 is 3.24. The number of nitrogens with one attached hydrogen (secondary N) is 1. The van der Waals surface area contributed by atoms with Crippen molar-refractivity contribution in [3.05, 3.63) is 58.3 Å². The molecule has 1 amide bonds. The van der Waals surface area contributed by atoms with Crippen LogP contribution >= 0.6 is 26.6 Å². The molecule has 1 aromatic carbocycles. The molecule has 0 unspecified atom stereocenters. The Morgan fingerprint density at radius 3 is 2.48 bits per heavy atom.